The Morgan fingerprint density at radius 1 is 1.12 bits per heavy atom. The summed E-state index contributed by atoms with van der Waals surface area (Å²) in [4.78, 5) is 18.1. The van der Waals surface area contributed by atoms with E-state index in [-0.39, 0.29) is 11.7 Å². The topological polar surface area (TPSA) is 42.0 Å². The first-order valence-corrected chi connectivity index (χ1v) is 8.93. The Labute approximate surface area is 150 Å². The summed E-state index contributed by atoms with van der Waals surface area (Å²) >= 11 is 1.64. The van der Waals surface area contributed by atoms with Crippen LogP contribution in [-0.2, 0) is 6.42 Å². The number of rotatable bonds is 5. The lowest BCUT2D eigenvalue weighted by molar-refractivity contribution is 0.0953. The van der Waals surface area contributed by atoms with Crippen LogP contribution < -0.4 is 5.32 Å². The molecule has 0 unspecified atom stereocenters. The van der Waals surface area contributed by atoms with Crippen LogP contribution in [0.15, 0.2) is 48.5 Å². The van der Waals surface area contributed by atoms with E-state index in [9.17, 15) is 9.18 Å². The number of halogens is 1. The Bertz CT molecular complexity index is 890. The third-order valence-electron chi connectivity index (χ3n) is 4.02. The molecule has 1 N–H and O–H groups in total. The molecule has 3 nitrogen and oxygen atoms in total. The van der Waals surface area contributed by atoms with Gasteiger partial charge >= 0.3 is 0 Å². The molecule has 0 fully saturated rings. The molecule has 0 aliphatic carbocycles. The Balaban J connectivity index is 1.63. The second-order valence-corrected chi connectivity index (χ2v) is 7.08. The highest BCUT2D eigenvalue weighted by molar-refractivity contribution is 7.12. The van der Waals surface area contributed by atoms with Crippen LogP contribution >= 0.6 is 11.3 Å². The maximum atomic E-state index is 13.5. The fourth-order valence-electron chi connectivity index (χ4n) is 2.65. The number of aromatic nitrogens is 1. The van der Waals surface area contributed by atoms with Crippen LogP contribution in [0.2, 0.25) is 0 Å². The minimum Gasteiger partial charge on any atom is -0.352 e. The minimum absolute atomic E-state index is 0.256. The van der Waals surface area contributed by atoms with E-state index in [2.05, 4.69) is 17.2 Å². The lowest BCUT2D eigenvalue weighted by atomic mass is 10.1. The van der Waals surface area contributed by atoms with Crippen molar-refractivity contribution in [3.05, 3.63) is 75.4 Å². The molecule has 25 heavy (non-hydrogen) atoms. The second kappa shape index (κ2) is 7.57. The molecule has 0 aliphatic heterocycles. The Kier molecular flexibility index (Phi) is 5.24. The molecule has 2 aromatic carbocycles. The van der Waals surface area contributed by atoms with E-state index in [0.29, 0.717) is 24.1 Å². The number of carbonyl (C=O) groups is 1. The van der Waals surface area contributed by atoms with Crippen molar-refractivity contribution < 1.29 is 9.18 Å². The highest BCUT2D eigenvalue weighted by atomic mass is 32.1. The predicted octanol–water partition coefficient (Wildman–Crippen LogP) is 4.54. The molecule has 1 aromatic heterocycles. The second-order valence-electron chi connectivity index (χ2n) is 5.80. The van der Waals surface area contributed by atoms with Crippen LogP contribution in [0.25, 0.3) is 11.3 Å². The van der Waals surface area contributed by atoms with E-state index in [1.54, 1.807) is 30.4 Å². The minimum atomic E-state index is -0.365. The van der Waals surface area contributed by atoms with E-state index in [0.717, 1.165) is 21.1 Å². The van der Waals surface area contributed by atoms with Gasteiger partial charge in [0.1, 0.15) is 5.82 Å². The summed E-state index contributed by atoms with van der Waals surface area (Å²) in [5.41, 5.74) is 2.84. The summed E-state index contributed by atoms with van der Waals surface area (Å²) in [5, 5.41) is 3.82. The normalized spacial score (nSPS) is 10.7. The fourth-order valence-corrected chi connectivity index (χ4v) is 3.61. The zero-order valence-electron chi connectivity index (χ0n) is 14.2. The third kappa shape index (κ3) is 3.94. The van der Waals surface area contributed by atoms with Crippen LogP contribution in [0.3, 0.4) is 0 Å². The summed E-state index contributed by atoms with van der Waals surface area (Å²) in [6.45, 7) is 4.13. The first kappa shape index (κ1) is 17.3. The summed E-state index contributed by atoms with van der Waals surface area (Å²) in [6, 6.07) is 14.6. The van der Waals surface area contributed by atoms with Gasteiger partial charge in [0.2, 0.25) is 0 Å². The van der Waals surface area contributed by atoms with E-state index >= 15 is 0 Å². The number of aryl methyl sites for hydroxylation is 1. The van der Waals surface area contributed by atoms with Gasteiger partial charge in [-0.05, 0) is 31.5 Å². The van der Waals surface area contributed by atoms with Crippen molar-refractivity contribution in [1.29, 1.82) is 0 Å². The molecule has 0 saturated heterocycles. The summed E-state index contributed by atoms with van der Waals surface area (Å²) in [5.74, 6) is -0.621. The number of benzene rings is 2. The smallest absolute Gasteiger partial charge is 0.251 e. The molecule has 128 valence electrons. The van der Waals surface area contributed by atoms with Crippen molar-refractivity contribution in [1.82, 2.24) is 10.3 Å². The van der Waals surface area contributed by atoms with E-state index in [1.807, 2.05) is 30.3 Å². The summed E-state index contributed by atoms with van der Waals surface area (Å²) in [6.07, 6.45) is 0.651. The highest BCUT2D eigenvalue weighted by Gasteiger charge is 2.13. The number of thiazole rings is 1. The van der Waals surface area contributed by atoms with Gasteiger partial charge in [-0.15, -0.1) is 11.3 Å². The van der Waals surface area contributed by atoms with Crippen LogP contribution in [0.4, 0.5) is 4.39 Å². The molecule has 5 heteroatoms. The Morgan fingerprint density at radius 3 is 2.64 bits per heavy atom. The number of carbonyl (C=O) groups excluding carboxylic acids is 1. The molecule has 3 aromatic rings. The van der Waals surface area contributed by atoms with Gasteiger partial charge in [-0.1, -0.05) is 36.4 Å². The van der Waals surface area contributed by atoms with Crippen molar-refractivity contribution in [2.75, 3.05) is 6.54 Å². The van der Waals surface area contributed by atoms with Gasteiger partial charge in [-0.25, -0.2) is 9.37 Å². The number of hydrogen-bond donors (Lipinski definition) is 1. The molecule has 0 atom stereocenters. The van der Waals surface area contributed by atoms with Crippen molar-refractivity contribution >= 4 is 17.2 Å². The number of nitrogens with zero attached hydrogens (tertiary/aromatic N) is 1. The maximum Gasteiger partial charge on any atom is 0.251 e. The molecular weight excluding hydrogens is 335 g/mol. The van der Waals surface area contributed by atoms with Gasteiger partial charge < -0.3 is 5.32 Å². The van der Waals surface area contributed by atoms with E-state index < -0.39 is 0 Å². The third-order valence-corrected chi connectivity index (χ3v) is 5.06. The quantitative estimate of drug-likeness (QED) is 0.731. The number of nitrogens with one attached hydrogen (secondary N) is 1. The molecule has 0 saturated carbocycles. The largest absolute Gasteiger partial charge is 0.352 e. The molecule has 0 aliphatic rings. The molecule has 1 amide bonds. The first-order chi connectivity index (χ1) is 12.1. The average Bonchev–Trinajstić information content (AvgIpc) is 2.98. The van der Waals surface area contributed by atoms with Crippen molar-refractivity contribution in [2.24, 2.45) is 0 Å². The molecule has 3 rings (SSSR count). The van der Waals surface area contributed by atoms with Crippen molar-refractivity contribution in [2.45, 2.75) is 20.3 Å². The molecule has 0 bridgehead atoms. The Morgan fingerprint density at radius 2 is 1.88 bits per heavy atom. The van der Waals surface area contributed by atoms with Gasteiger partial charge in [0.05, 0.1) is 10.7 Å². The van der Waals surface area contributed by atoms with Gasteiger partial charge in [-0.2, -0.15) is 0 Å². The zero-order valence-corrected chi connectivity index (χ0v) is 15.0. The lowest BCUT2D eigenvalue weighted by Gasteiger charge is -2.07. The summed E-state index contributed by atoms with van der Waals surface area (Å²) < 4.78 is 13.5. The lowest BCUT2D eigenvalue weighted by Crippen LogP contribution is -2.26. The van der Waals surface area contributed by atoms with Crippen molar-refractivity contribution in [3.63, 3.8) is 0 Å². The monoisotopic (exact) mass is 354 g/mol. The van der Waals surface area contributed by atoms with Gasteiger partial charge in [0, 0.05) is 29.0 Å². The first-order valence-electron chi connectivity index (χ1n) is 8.11. The van der Waals surface area contributed by atoms with Crippen LogP contribution in [-0.4, -0.2) is 17.4 Å². The van der Waals surface area contributed by atoms with Gasteiger partial charge in [0.25, 0.3) is 5.91 Å². The van der Waals surface area contributed by atoms with Crippen LogP contribution in [0, 0.1) is 19.7 Å². The Hall–Kier alpha value is -2.53. The van der Waals surface area contributed by atoms with E-state index in [4.69, 9.17) is 0 Å². The average molecular weight is 354 g/mol. The summed E-state index contributed by atoms with van der Waals surface area (Å²) in [7, 11) is 0. The highest BCUT2D eigenvalue weighted by Crippen LogP contribution is 2.27. The van der Waals surface area contributed by atoms with Crippen molar-refractivity contribution in [3.8, 4) is 11.3 Å². The SMILES string of the molecule is Cc1sc(CCNC(=O)c2cccc(F)c2C)nc1-c1ccccc1. The standard InChI is InChI=1S/C20H19FN2OS/c1-13-16(9-6-10-17(13)21)20(24)22-12-11-18-23-19(14(2)25-18)15-7-4-3-5-8-15/h3-10H,11-12H2,1-2H3,(H,22,24). The fraction of sp³-hybridized carbons (Fsp3) is 0.200. The van der Waals surface area contributed by atoms with E-state index in [1.165, 1.54) is 6.07 Å². The van der Waals surface area contributed by atoms with Gasteiger partial charge in [-0.3, -0.25) is 4.79 Å². The zero-order chi connectivity index (χ0) is 17.8. The predicted molar refractivity (Wildman–Crippen MR) is 99.5 cm³/mol. The van der Waals surface area contributed by atoms with Crippen LogP contribution in [0.5, 0.6) is 0 Å². The van der Waals surface area contributed by atoms with Gasteiger partial charge in [0.15, 0.2) is 0 Å². The molecule has 0 radical (unpaired) electrons. The number of amides is 1. The molecular formula is C20H19FN2OS. The maximum absolute atomic E-state index is 13.5. The molecule has 1 heterocycles. The molecule has 0 spiro atoms. The van der Waals surface area contributed by atoms with Crippen LogP contribution in [0.1, 0.15) is 25.8 Å². The number of hydrogen-bond acceptors (Lipinski definition) is 3.